The third kappa shape index (κ3) is 2.20. The van der Waals surface area contributed by atoms with Crippen molar-refractivity contribution in [3.63, 3.8) is 0 Å². The fraction of sp³-hybridized carbons (Fsp3) is 0.500. The molecule has 0 spiro atoms. The van der Waals surface area contributed by atoms with Gasteiger partial charge in [0.2, 0.25) is 17.7 Å². The first-order valence-electron chi connectivity index (χ1n) is 9.78. The van der Waals surface area contributed by atoms with Crippen LogP contribution in [0.4, 0.5) is 5.69 Å². The molecule has 0 radical (unpaired) electrons. The van der Waals surface area contributed by atoms with Crippen molar-refractivity contribution in [2.45, 2.75) is 27.2 Å². The molecular formula is C22H24N2O3. The number of rotatable bonds is 3. The highest BCUT2D eigenvalue weighted by Crippen LogP contribution is 2.65. The molecule has 0 aromatic heterocycles. The molecule has 6 rings (SSSR count). The fourth-order valence-electron chi connectivity index (χ4n) is 5.67. The van der Waals surface area contributed by atoms with Crippen LogP contribution in [0, 0.1) is 49.4 Å². The summed E-state index contributed by atoms with van der Waals surface area (Å²) < 4.78 is 0. The molecule has 4 aliphatic carbocycles. The summed E-state index contributed by atoms with van der Waals surface area (Å²) >= 11 is 0. The standard InChI is InChI=1S/C22H24N2O3/c1-11-5-4-6-18(12(11)2)23(13(3)25)10-24-21(26)19-14-7-8-15(17-9-16(14)17)20(19)22(24)27/h4-8,14-17,19-20H,9-10H2,1-3H3. The highest BCUT2D eigenvalue weighted by Gasteiger charge is 2.67. The van der Waals surface area contributed by atoms with E-state index in [0.29, 0.717) is 11.8 Å². The molecule has 2 saturated carbocycles. The van der Waals surface area contributed by atoms with E-state index < -0.39 is 0 Å². The van der Waals surface area contributed by atoms with Gasteiger partial charge in [-0.3, -0.25) is 24.2 Å². The Balaban J connectivity index is 1.47. The lowest BCUT2D eigenvalue weighted by Crippen LogP contribution is -2.44. The second-order valence-electron chi connectivity index (χ2n) is 8.57. The average Bonchev–Trinajstić information content (AvgIpc) is 3.42. The van der Waals surface area contributed by atoms with Gasteiger partial charge >= 0.3 is 0 Å². The van der Waals surface area contributed by atoms with Crippen LogP contribution in [-0.4, -0.2) is 29.3 Å². The summed E-state index contributed by atoms with van der Waals surface area (Å²) in [5.74, 6) is 0.797. The molecule has 27 heavy (non-hydrogen) atoms. The number of allylic oxidation sites excluding steroid dienone is 2. The normalized spacial score (nSPS) is 35.3. The molecule has 5 heteroatoms. The van der Waals surface area contributed by atoms with Crippen LogP contribution in [0.1, 0.15) is 24.5 Å². The van der Waals surface area contributed by atoms with Crippen molar-refractivity contribution in [2.75, 3.05) is 11.6 Å². The molecule has 3 amide bonds. The van der Waals surface area contributed by atoms with Crippen LogP contribution in [0.5, 0.6) is 0 Å². The SMILES string of the molecule is CC(=O)N(CN1C(=O)C2C3C=CC(C4CC34)C2C1=O)c1cccc(C)c1C. The van der Waals surface area contributed by atoms with E-state index in [9.17, 15) is 14.4 Å². The molecule has 6 unspecified atom stereocenters. The minimum absolute atomic E-state index is 0.0130. The zero-order valence-electron chi connectivity index (χ0n) is 15.9. The zero-order valence-corrected chi connectivity index (χ0v) is 15.9. The molecule has 5 aliphatic rings. The number of hydrogen-bond donors (Lipinski definition) is 0. The van der Waals surface area contributed by atoms with E-state index in [0.717, 1.165) is 23.2 Å². The Morgan fingerprint density at radius 1 is 1.07 bits per heavy atom. The predicted molar refractivity (Wildman–Crippen MR) is 100 cm³/mol. The van der Waals surface area contributed by atoms with E-state index >= 15 is 0 Å². The lowest BCUT2D eigenvalue weighted by Gasteiger charge is -2.37. The van der Waals surface area contributed by atoms with Crippen molar-refractivity contribution in [1.29, 1.82) is 0 Å². The van der Waals surface area contributed by atoms with Gasteiger partial charge in [-0.15, -0.1) is 0 Å². The molecule has 0 N–H and O–H groups in total. The van der Waals surface area contributed by atoms with Crippen molar-refractivity contribution in [3.8, 4) is 0 Å². The highest BCUT2D eigenvalue weighted by atomic mass is 16.2. The maximum atomic E-state index is 13.2. The molecule has 1 aliphatic heterocycles. The molecule has 1 aromatic carbocycles. The Hall–Kier alpha value is -2.43. The van der Waals surface area contributed by atoms with Crippen molar-refractivity contribution >= 4 is 23.4 Å². The summed E-state index contributed by atoms with van der Waals surface area (Å²) in [6.07, 6.45) is 5.49. The van der Waals surface area contributed by atoms with E-state index in [4.69, 9.17) is 0 Å². The van der Waals surface area contributed by atoms with Crippen LogP contribution >= 0.6 is 0 Å². The van der Waals surface area contributed by atoms with Crippen molar-refractivity contribution in [3.05, 3.63) is 41.5 Å². The summed E-state index contributed by atoms with van der Waals surface area (Å²) in [7, 11) is 0. The minimum Gasteiger partial charge on any atom is -0.294 e. The number of likely N-dealkylation sites (tertiary alicyclic amines) is 1. The van der Waals surface area contributed by atoms with Gasteiger partial charge in [0, 0.05) is 12.6 Å². The first kappa shape index (κ1) is 16.7. The van der Waals surface area contributed by atoms with Crippen LogP contribution in [0.25, 0.3) is 0 Å². The lowest BCUT2D eigenvalue weighted by atomic mass is 9.63. The fourth-order valence-corrected chi connectivity index (χ4v) is 5.67. The Kier molecular flexibility index (Phi) is 3.43. The van der Waals surface area contributed by atoms with E-state index in [2.05, 4.69) is 12.2 Å². The van der Waals surface area contributed by atoms with E-state index in [1.54, 1.807) is 4.90 Å². The van der Waals surface area contributed by atoms with Crippen LogP contribution < -0.4 is 4.90 Å². The molecule has 3 fully saturated rings. The van der Waals surface area contributed by atoms with Crippen LogP contribution in [0.2, 0.25) is 0 Å². The molecule has 1 saturated heterocycles. The van der Waals surface area contributed by atoms with E-state index in [-0.39, 0.29) is 48.1 Å². The van der Waals surface area contributed by atoms with Gasteiger partial charge in [0.1, 0.15) is 6.67 Å². The van der Waals surface area contributed by atoms with Gasteiger partial charge in [-0.25, -0.2) is 0 Å². The van der Waals surface area contributed by atoms with Gasteiger partial charge in [0.25, 0.3) is 0 Å². The molecule has 5 nitrogen and oxygen atoms in total. The van der Waals surface area contributed by atoms with E-state index in [1.807, 2.05) is 32.0 Å². The Bertz CT molecular complexity index is 869. The number of amides is 3. The highest BCUT2D eigenvalue weighted by molar-refractivity contribution is 6.07. The molecule has 6 atom stereocenters. The number of nitrogens with zero attached hydrogens (tertiary/aromatic N) is 2. The number of carbonyl (C=O) groups excluding carboxylic acids is 3. The van der Waals surface area contributed by atoms with Crippen LogP contribution in [0.3, 0.4) is 0 Å². The largest absolute Gasteiger partial charge is 0.294 e. The number of imide groups is 1. The topological polar surface area (TPSA) is 57.7 Å². The smallest absolute Gasteiger partial charge is 0.235 e. The summed E-state index contributed by atoms with van der Waals surface area (Å²) in [4.78, 5) is 41.6. The first-order chi connectivity index (χ1) is 12.9. The number of hydrogen-bond acceptors (Lipinski definition) is 3. The second-order valence-corrected chi connectivity index (χ2v) is 8.57. The summed E-state index contributed by atoms with van der Waals surface area (Å²) in [5.41, 5.74) is 2.84. The molecular weight excluding hydrogens is 340 g/mol. The monoisotopic (exact) mass is 364 g/mol. The van der Waals surface area contributed by atoms with Crippen molar-refractivity contribution < 1.29 is 14.4 Å². The van der Waals surface area contributed by atoms with Crippen LogP contribution in [-0.2, 0) is 14.4 Å². The average molecular weight is 364 g/mol. The van der Waals surface area contributed by atoms with Gasteiger partial charge in [-0.1, -0.05) is 24.3 Å². The Labute approximate surface area is 159 Å². The van der Waals surface area contributed by atoms with Gasteiger partial charge in [-0.05, 0) is 61.1 Å². The first-order valence-corrected chi connectivity index (χ1v) is 9.78. The maximum Gasteiger partial charge on any atom is 0.235 e. The van der Waals surface area contributed by atoms with E-state index in [1.165, 1.54) is 11.8 Å². The third-order valence-corrected chi connectivity index (χ3v) is 7.28. The number of aryl methyl sites for hydroxylation is 1. The zero-order chi connectivity index (χ0) is 19.0. The number of anilines is 1. The molecule has 2 bridgehead atoms. The van der Waals surface area contributed by atoms with Crippen molar-refractivity contribution in [1.82, 2.24) is 4.90 Å². The second kappa shape index (κ2) is 5.54. The van der Waals surface area contributed by atoms with Gasteiger partial charge in [0.15, 0.2) is 0 Å². The Morgan fingerprint density at radius 2 is 1.67 bits per heavy atom. The van der Waals surface area contributed by atoms with Crippen LogP contribution in [0.15, 0.2) is 30.4 Å². The summed E-state index contributed by atoms with van der Waals surface area (Å²) in [5, 5.41) is 0. The quantitative estimate of drug-likeness (QED) is 0.612. The minimum atomic E-state index is -0.219. The predicted octanol–water partition coefficient (Wildman–Crippen LogP) is 2.67. The summed E-state index contributed by atoms with van der Waals surface area (Å²) in [6.45, 7) is 5.46. The number of carbonyl (C=O) groups is 3. The van der Waals surface area contributed by atoms with Gasteiger partial charge in [-0.2, -0.15) is 0 Å². The Morgan fingerprint density at radius 3 is 2.22 bits per heavy atom. The van der Waals surface area contributed by atoms with Crippen molar-refractivity contribution in [2.24, 2.45) is 35.5 Å². The summed E-state index contributed by atoms with van der Waals surface area (Å²) in [6, 6.07) is 5.77. The molecule has 1 heterocycles. The van der Waals surface area contributed by atoms with Gasteiger partial charge in [0.05, 0.1) is 11.8 Å². The van der Waals surface area contributed by atoms with Gasteiger partial charge < -0.3 is 0 Å². The lowest BCUT2D eigenvalue weighted by molar-refractivity contribution is -0.140. The molecule has 1 aromatic rings. The maximum absolute atomic E-state index is 13.2. The third-order valence-electron chi connectivity index (χ3n) is 7.28. The number of benzene rings is 1. The molecule has 140 valence electrons.